The molecule has 4 aromatic rings. The summed E-state index contributed by atoms with van der Waals surface area (Å²) >= 11 is 0. The number of hydrogen-bond acceptors (Lipinski definition) is 8. The number of nitrogens with zero attached hydrogens (tertiary/aromatic N) is 1. The number of Topliss-reactive ketones (excluding diaryl/α,β-unsaturated/α-hetero) is 1. The Morgan fingerprint density at radius 2 is 1.36 bits per heavy atom. The molecule has 5 aliphatic rings. The highest BCUT2D eigenvalue weighted by atomic mass is 16.3. The molecule has 0 saturated heterocycles. The van der Waals surface area contributed by atoms with E-state index in [0.717, 1.165) is 101 Å². The summed E-state index contributed by atoms with van der Waals surface area (Å²) in [4.78, 5) is 19.5. The predicted molar refractivity (Wildman–Crippen MR) is 176 cm³/mol. The highest BCUT2D eigenvalue weighted by Crippen LogP contribution is 2.48. The summed E-state index contributed by atoms with van der Waals surface area (Å²) < 4.78 is 0. The number of aliphatic hydroxyl groups excluding tert-OH is 1. The first-order chi connectivity index (χ1) is 21.3. The van der Waals surface area contributed by atoms with Gasteiger partial charge in [-0.3, -0.25) is 9.79 Å². The Labute approximate surface area is 254 Å². The molecule has 8 nitrogen and oxygen atoms in total. The van der Waals surface area contributed by atoms with Gasteiger partial charge < -0.3 is 32.5 Å². The van der Waals surface area contributed by atoms with Gasteiger partial charge in [-0.25, -0.2) is 0 Å². The van der Waals surface area contributed by atoms with Crippen LogP contribution in [-0.2, 0) is 4.79 Å². The first-order valence-corrected chi connectivity index (χ1v) is 15.9. The summed E-state index contributed by atoms with van der Waals surface area (Å²) in [5, 5.41) is 28.7. The molecule has 0 radical (unpaired) electrons. The summed E-state index contributed by atoms with van der Waals surface area (Å²) in [6, 6.07) is 20.8. The molecular weight excluding hydrogens is 548 g/mol. The Morgan fingerprint density at radius 1 is 0.727 bits per heavy atom. The molecule has 0 aromatic heterocycles. The Balaban J connectivity index is 1.24. The van der Waals surface area contributed by atoms with Crippen LogP contribution in [0.15, 0.2) is 71.4 Å². The second-order valence-electron chi connectivity index (χ2n) is 13.5. The van der Waals surface area contributed by atoms with E-state index in [1.165, 1.54) is 0 Å². The van der Waals surface area contributed by atoms with E-state index < -0.39 is 5.66 Å². The molecule has 2 fully saturated rings. The summed E-state index contributed by atoms with van der Waals surface area (Å²) in [6.07, 6.45) is 6.99. The number of anilines is 3. The zero-order valence-electron chi connectivity index (χ0n) is 24.5. The molecule has 9 rings (SSSR count). The minimum Gasteiger partial charge on any atom is -0.506 e. The Bertz CT molecular complexity index is 2080. The van der Waals surface area contributed by atoms with E-state index in [9.17, 15) is 9.90 Å². The molecule has 2 aliphatic heterocycles. The number of rotatable bonds is 1. The van der Waals surface area contributed by atoms with Crippen LogP contribution in [0.3, 0.4) is 0 Å². The predicted octanol–water partition coefficient (Wildman–Crippen LogP) is 4.77. The van der Waals surface area contributed by atoms with Crippen molar-refractivity contribution in [3.63, 3.8) is 0 Å². The van der Waals surface area contributed by atoms with Gasteiger partial charge in [0, 0.05) is 45.0 Å². The normalized spacial score (nSPS) is 30.1. The number of carbonyl (C=O) groups excluding carboxylic acids is 1. The molecule has 8 N–H and O–H groups in total. The van der Waals surface area contributed by atoms with E-state index in [0.29, 0.717) is 16.4 Å². The van der Waals surface area contributed by atoms with Gasteiger partial charge in [0.1, 0.15) is 17.1 Å². The lowest BCUT2D eigenvalue weighted by Gasteiger charge is -2.46. The first-order valence-electron chi connectivity index (χ1n) is 15.9. The number of aliphatic hydroxyl groups is 1. The van der Waals surface area contributed by atoms with Gasteiger partial charge in [-0.05, 0) is 74.3 Å². The summed E-state index contributed by atoms with van der Waals surface area (Å²) in [7, 11) is 0. The van der Waals surface area contributed by atoms with E-state index in [1.807, 2.05) is 30.3 Å². The average Bonchev–Trinajstić information content (AvgIpc) is 3.03. The number of benzene rings is 4. The van der Waals surface area contributed by atoms with Crippen molar-refractivity contribution in [2.24, 2.45) is 16.5 Å². The van der Waals surface area contributed by atoms with E-state index in [2.05, 4.69) is 46.3 Å². The van der Waals surface area contributed by atoms with Gasteiger partial charge in [0.15, 0.2) is 0 Å². The third-order valence-electron chi connectivity index (χ3n) is 10.7. The second kappa shape index (κ2) is 9.06. The summed E-state index contributed by atoms with van der Waals surface area (Å²) in [5.74, 6) is -0.123. The monoisotopic (exact) mass is 584 g/mol. The molecule has 0 amide bonds. The van der Waals surface area contributed by atoms with Gasteiger partial charge in [-0.1, -0.05) is 48.5 Å². The molecule has 3 aliphatic carbocycles. The zero-order chi connectivity index (χ0) is 29.8. The van der Waals surface area contributed by atoms with Gasteiger partial charge in [0.25, 0.3) is 0 Å². The molecule has 2 spiro atoms. The van der Waals surface area contributed by atoms with Crippen LogP contribution in [0.1, 0.15) is 56.9 Å². The molecule has 0 unspecified atom stereocenters. The molecule has 4 aromatic carbocycles. The molecule has 0 atom stereocenters. The van der Waals surface area contributed by atoms with Crippen molar-refractivity contribution in [1.82, 2.24) is 0 Å². The number of allylic oxidation sites excluding steroid dienone is 2. The maximum Gasteiger partial charge on any atom is 0.201 e. The third-order valence-corrected chi connectivity index (χ3v) is 10.7. The Morgan fingerprint density at radius 3 is 2.07 bits per heavy atom. The number of nitrogens with one attached hydrogen (secondary N) is 3. The lowest BCUT2D eigenvalue weighted by Crippen LogP contribution is -2.52. The smallest absolute Gasteiger partial charge is 0.201 e. The van der Waals surface area contributed by atoms with E-state index in [4.69, 9.17) is 16.5 Å². The van der Waals surface area contributed by atoms with Gasteiger partial charge in [-0.2, -0.15) is 0 Å². The SMILES string of the molecule is NC1CCC2(CC1)N=c1c(=C3C(=O)C(c4ccc5cccc6c5c4NC4(CCC(N)CC4)N6)=C3O)ccc3cccc(c13)N2. The highest BCUT2D eigenvalue weighted by molar-refractivity contribution is 6.52. The maximum atomic E-state index is 14.2. The highest BCUT2D eigenvalue weighted by Gasteiger charge is 2.43. The number of nitrogens with two attached hydrogens (primary N) is 2. The quantitative estimate of drug-likeness (QED) is 0.190. The van der Waals surface area contributed by atoms with Crippen LogP contribution in [0, 0.1) is 0 Å². The molecule has 222 valence electrons. The molecule has 44 heavy (non-hydrogen) atoms. The van der Waals surface area contributed by atoms with Gasteiger partial charge in [0.05, 0.1) is 22.2 Å². The number of ketones is 1. The summed E-state index contributed by atoms with van der Waals surface area (Å²) in [5.41, 5.74) is 16.1. The van der Waals surface area contributed by atoms with Crippen molar-refractivity contribution in [2.75, 3.05) is 16.0 Å². The van der Waals surface area contributed by atoms with E-state index in [-0.39, 0.29) is 29.3 Å². The largest absolute Gasteiger partial charge is 0.506 e. The van der Waals surface area contributed by atoms with Crippen molar-refractivity contribution < 1.29 is 9.90 Å². The minimum atomic E-state index is -0.463. The van der Waals surface area contributed by atoms with Crippen LogP contribution in [0.5, 0.6) is 0 Å². The first kappa shape index (κ1) is 26.0. The van der Waals surface area contributed by atoms with Crippen molar-refractivity contribution in [3.8, 4) is 0 Å². The standard InChI is InChI=1S/C36H36N6O2/c37-21-11-15-35(16-12-21)39-25-5-1-3-19-7-9-23(31(41-35)27(19)25)29-33(43)30(34(29)44)24-10-8-20-4-2-6-26-28(20)32(24)42-36(40-26)17-13-22(38)14-18-36/h1-10,21-22,39-41,43H,11-18,37-38H2. The third kappa shape index (κ3) is 3.64. The number of hydrogen-bond donors (Lipinski definition) is 6. The Hall–Kier alpha value is -4.40. The van der Waals surface area contributed by atoms with Crippen molar-refractivity contribution in [3.05, 3.63) is 82.6 Å². The van der Waals surface area contributed by atoms with Crippen LogP contribution < -0.4 is 38.0 Å². The van der Waals surface area contributed by atoms with E-state index >= 15 is 0 Å². The molecule has 2 heterocycles. The summed E-state index contributed by atoms with van der Waals surface area (Å²) in [6.45, 7) is 0. The van der Waals surface area contributed by atoms with Crippen LogP contribution >= 0.6 is 0 Å². The fourth-order valence-corrected chi connectivity index (χ4v) is 8.26. The lowest BCUT2D eigenvalue weighted by molar-refractivity contribution is -0.109. The number of carbonyl (C=O) groups is 1. The molecule has 8 heteroatoms. The minimum absolute atomic E-state index is 0.0321. The average molecular weight is 585 g/mol. The topological polar surface area (TPSA) is 138 Å². The van der Waals surface area contributed by atoms with Crippen LogP contribution in [0.2, 0.25) is 0 Å². The second-order valence-corrected chi connectivity index (χ2v) is 13.5. The molecule has 2 saturated carbocycles. The molecular formula is C36H36N6O2. The fraction of sp³-hybridized carbons (Fsp3) is 0.333. The lowest BCUT2D eigenvalue weighted by atomic mass is 9.78. The van der Waals surface area contributed by atoms with Crippen molar-refractivity contribution in [2.45, 2.75) is 74.8 Å². The van der Waals surface area contributed by atoms with Crippen LogP contribution in [-0.4, -0.2) is 34.3 Å². The zero-order valence-corrected chi connectivity index (χ0v) is 24.5. The van der Waals surface area contributed by atoms with Crippen molar-refractivity contribution >= 4 is 55.5 Å². The van der Waals surface area contributed by atoms with Gasteiger partial charge in [-0.15, -0.1) is 0 Å². The fourth-order valence-electron chi connectivity index (χ4n) is 8.26. The van der Waals surface area contributed by atoms with Crippen LogP contribution in [0.4, 0.5) is 17.1 Å². The maximum absolute atomic E-state index is 14.2. The van der Waals surface area contributed by atoms with Crippen molar-refractivity contribution in [1.29, 1.82) is 0 Å². The van der Waals surface area contributed by atoms with E-state index in [1.54, 1.807) is 0 Å². The van der Waals surface area contributed by atoms with Gasteiger partial charge >= 0.3 is 0 Å². The Kier molecular flexibility index (Phi) is 5.36. The molecule has 0 bridgehead atoms. The van der Waals surface area contributed by atoms with Gasteiger partial charge in [0.2, 0.25) is 5.78 Å². The van der Waals surface area contributed by atoms with Crippen LogP contribution in [0.25, 0.3) is 32.7 Å².